The summed E-state index contributed by atoms with van der Waals surface area (Å²) >= 11 is 0. The van der Waals surface area contributed by atoms with Crippen molar-refractivity contribution in [2.24, 2.45) is 0 Å². The second kappa shape index (κ2) is 14.0. The van der Waals surface area contributed by atoms with E-state index in [1.54, 1.807) is 6.08 Å². The number of rotatable bonds is 9. The molecule has 2 nitrogen and oxygen atoms in total. The first-order chi connectivity index (χ1) is 18.8. The molecule has 1 aliphatic rings. The first-order valence-corrected chi connectivity index (χ1v) is 13.5. The molecule has 1 N–H and O–H groups in total. The van der Waals surface area contributed by atoms with E-state index in [0.29, 0.717) is 0 Å². The summed E-state index contributed by atoms with van der Waals surface area (Å²) in [5, 5.41) is 2.91. The number of allylic oxidation sites excluding steroid dienone is 8. The van der Waals surface area contributed by atoms with E-state index in [4.69, 9.17) is 0 Å². The Morgan fingerprint density at radius 3 is 2.28 bits per heavy atom. The number of hydrogen-bond acceptors (Lipinski definition) is 2. The van der Waals surface area contributed by atoms with Gasteiger partial charge in [0.1, 0.15) is 0 Å². The minimum atomic E-state index is 0.0298. The van der Waals surface area contributed by atoms with Gasteiger partial charge in [0.15, 0.2) is 0 Å². The molecule has 0 aliphatic heterocycles. The van der Waals surface area contributed by atoms with Gasteiger partial charge in [-0.2, -0.15) is 0 Å². The first kappa shape index (κ1) is 29.3. The molecule has 0 radical (unpaired) electrons. The van der Waals surface area contributed by atoms with Gasteiger partial charge in [-0.25, -0.2) is 0 Å². The quantitative estimate of drug-likeness (QED) is 0.286. The fourth-order valence-corrected chi connectivity index (χ4v) is 4.93. The van der Waals surface area contributed by atoms with Crippen molar-refractivity contribution >= 4 is 5.69 Å². The van der Waals surface area contributed by atoms with Gasteiger partial charge in [-0.3, -0.25) is 0 Å². The maximum absolute atomic E-state index is 3.76. The van der Waals surface area contributed by atoms with Gasteiger partial charge in [-0.05, 0) is 65.4 Å². The highest BCUT2D eigenvalue weighted by Gasteiger charge is 2.36. The van der Waals surface area contributed by atoms with Crippen LogP contribution < -0.4 is 10.2 Å². The normalized spacial score (nSPS) is 13.4. The van der Waals surface area contributed by atoms with E-state index in [2.05, 4.69) is 123 Å². The average molecular weight is 515 g/mol. The lowest BCUT2D eigenvalue weighted by atomic mass is 9.82. The number of likely N-dealkylation sites (N-methyl/N-ethyl adjacent to an activating group) is 1. The summed E-state index contributed by atoms with van der Waals surface area (Å²) in [6.45, 7) is 17.2. The molecule has 0 heterocycles. The number of benzene rings is 3. The zero-order valence-electron chi connectivity index (χ0n) is 24.1. The van der Waals surface area contributed by atoms with Crippen LogP contribution in [-0.2, 0) is 12.0 Å². The second-order valence-electron chi connectivity index (χ2n) is 10.0. The molecule has 0 aromatic heterocycles. The van der Waals surface area contributed by atoms with Crippen molar-refractivity contribution in [3.63, 3.8) is 0 Å². The lowest BCUT2D eigenvalue weighted by Gasteiger charge is -2.26. The summed E-state index contributed by atoms with van der Waals surface area (Å²) < 4.78 is 0. The maximum Gasteiger partial charge on any atom is 0.0476 e. The standard InChI is InChI=1S/C29H29N.C8H13N/c1-5-6-7-13-20-30(21-23-14-9-8-10-15-23)27-19-18-26-28(22(27)2)24-16-11-12-17-25(24)29(26,3)4;1-4-5-6-7-8(2)9-3/h5-20H,1,21H2,2-4H3;4-7,9H,2H2,1,3H3/b7-6-,20-13-;5-4-,7-6-. The van der Waals surface area contributed by atoms with Crippen LogP contribution in [0.4, 0.5) is 5.69 Å². The molecule has 0 unspecified atom stereocenters. The van der Waals surface area contributed by atoms with E-state index in [1.807, 2.05) is 50.4 Å². The highest BCUT2D eigenvalue weighted by molar-refractivity contribution is 5.86. The summed E-state index contributed by atoms with van der Waals surface area (Å²) in [7, 11) is 1.85. The van der Waals surface area contributed by atoms with Crippen LogP contribution in [0.25, 0.3) is 11.1 Å². The number of nitrogens with zero attached hydrogens (tertiary/aromatic N) is 1. The van der Waals surface area contributed by atoms with E-state index in [1.165, 1.54) is 39.1 Å². The zero-order chi connectivity index (χ0) is 28.3. The van der Waals surface area contributed by atoms with Crippen molar-refractivity contribution in [2.45, 2.75) is 39.7 Å². The van der Waals surface area contributed by atoms with Crippen LogP contribution in [0.2, 0.25) is 0 Å². The number of hydrogen-bond donors (Lipinski definition) is 1. The van der Waals surface area contributed by atoms with Gasteiger partial charge in [0.05, 0.1) is 0 Å². The molecule has 39 heavy (non-hydrogen) atoms. The number of anilines is 1. The fourth-order valence-electron chi connectivity index (χ4n) is 4.93. The van der Waals surface area contributed by atoms with Gasteiger partial charge >= 0.3 is 0 Å². The predicted octanol–water partition coefficient (Wildman–Crippen LogP) is 9.42. The third-order valence-corrected chi connectivity index (χ3v) is 7.03. The minimum absolute atomic E-state index is 0.0298. The highest BCUT2D eigenvalue weighted by Crippen LogP contribution is 2.51. The van der Waals surface area contributed by atoms with Crippen LogP contribution in [0.3, 0.4) is 0 Å². The van der Waals surface area contributed by atoms with Crippen LogP contribution in [-0.4, -0.2) is 7.05 Å². The van der Waals surface area contributed by atoms with Crippen LogP contribution in [0.1, 0.15) is 43.0 Å². The molecular formula is C37H42N2. The van der Waals surface area contributed by atoms with Crippen molar-refractivity contribution in [3.8, 4) is 11.1 Å². The third-order valence-electron chi connectivity index (χ3n) is 7.03. The monoisotopic (exact) mass is 514 g/mol. The van der Waals surface area contributed by atoms with Crippen molar-refractivity contribution in [3.05, 3.63) is 163 Å². The third kappa shape index (κ3) is 7.18. The molecular weight excluding hydrogens is 472 g/mol. The molecule has 0 fully saturated rings. The van der Waals surface area contributed by atoms with E-state index >= 15 is 0 Å². The molecule has 0 saturated heterocycles. The molecule has 0 saturated carbocycles. The maximum atomic E-state index is 3.76. The van der Waals surface area contributed by atoms with Crippen molar-refractivity contribution in [1.82, 2.24) is 5.32 Å². The van der Waals surface area contributed by atoms with Gasteiger partial charge < -0.3 is 10.2 Å². The van der Waals surface area contributed by atoms with Crippen molar-refractivity contribution in [2.75, 3.05) is 11.9 Å². The molecule has 2 heteroatoms. The van der Waals surface area contributed by atoms with E-state index in [0.717, 1.165) is 12.2 Å². The Hall–Kier alpha value is -4.30. The topological polar surface area (TPSA) is 15.3 Å². The zero-order valence-corrected chi connectivity index (χ0v) is 24.1. The van der Waals surface area contributed by atoms with Gasteiger partial charge in [0.2, 0.25) is 0 Å². The van der Waals surface area contributed by atoms with Crippen molar-refractivity contribution < 1.29 is 0 Å². The highest BCUT2D eigenvalue weighted by atomic mass is 15.1. The Bertz CT molecular complexity index is 1380. The lowest BCUT2D eigenvalue weighted by Crippen LogP contribution is -2.18. The predicted molar refractivity (Wildman–Crippen MR) is 172 cm³/mol. The average Bonchev–Trinajstić information content (AvgIpc) is 3.19. The van der Waals surface area contributed by atoms with E-state index in [9.17, 15) is 0 Å². The molecule has 3 aromatic rings. The lowest BCUT2D eigenvalue weighted by molar-refractivity contribution is 0.660. The molecule has 4 rings (SSSR count). The first-order valence-electron chi connectivity index (χ1n) is 13.5. The Labute approximate surface area is 236 Å². The Morgan fingerprint density at radius 1 is 0.872 bits per heavy atom. The molecule has 0 amide bonds. The number of nitrogens with one attached hydrogen (secondary N) is 1. The van der Waals surface area contributed by atoms with Gasteiger partial charge in [0, 0.05) is 36.6 Å². The van der Waals surface area contributed by atoms with Crippen LogP contribution >= 0.6 is 0 Å². The molecule has 0 spiro atoms. The van der Waals surface area contributed by atoms with E-state index in [-0.39, 0.29) is 5.41 Å². The van der Waals surface area contributed by atoms with Crippen LogP contribution in [0.15, 0.2) is 140 Å². The Morgan fingerprint density at radius 2 is 1.59 bits per heavy atom. The summed E-state index contributed by atoms with van der Waals surface area (Å²) in [4.78, 5) is 2.34. The fraction of sp³-hybridized carbons (Fsp3) is 0.189. The molecule has 0 bridgehead atoms. The SMILES string of the molecule is C=C(/C=C\C=C/C)NC.C=C/C=C\C=C/N(Cc1ccccc1)c1ccc2c(c1C)-c1ccccc1C2(C)C. The number of fused-ring (bicyclic) bond motifs is 3. The smallest absolute Gasteiger partial charge is 0.0476 e. The molecule has 0 atom stereocenters. The summed E-state index contributed by atoms with van der Waals surface area (Å²) in [6, 6.07) is 24.1. The largest absolute Gasteiger partial charge is 0.389 e. The molecule has 200 valence electrons. The van der Waals surface area contributed by atoms with Gasteiger partial charge in [-0.1, -0.05) is 124 Å². The van der Waals surface area contributed by atoms with Gasteiger partial charge in [-0.15, -0.1) is 0 Å². The Kier molecular flexibility index (Phi) is 10.5. The molecule has 1 aliphatic carbocycles. The Balaban J connectivity index is 0.000000403. The van der Waals surface area contributed by atoms with Gasteiger partial charge in [0.25, 0.3) is 0 Å². The summed E-state index contributed by atoms with van der Waals surface area (Å²) in [5.74, 6) is 0. The van der Waals surface area contributed by atoms with Crippen LogP contribution in [0, 0.1) is 6.92 Å². The second-order valence-corrected chi connectivity index (χ2v) is 10.0. The summed E-state index contributed by atoms with van der Waals surface area (Å²) in [5.41, 5.74) is 10.4. The summed E-state index contributed by atoms with van der Waals surface area (Å²) in [6.07, 6.45) is 17.8. The van der Waals surface area contributed by atoms with Crippen LogP contribution in [0.5, 0.6) is 0 Å². The molecule has 3 aromatic carbocycles. The minimum Gasteiger partial charge on any atom is -0.389 e. The van der Waals surface area contributed by atoms with Crippen molar-refractivity contribution in [1.29, 1.82) is 0 Å². The van der Waals surface area contributed by atoms with E-state index < -0.39 is 0 Å².